The monoisotopic (exact) mass is 276 g/mol. The Morgan fingerprint density at radius 1 is 1.05 bits per heavy atom. The maximum absolute atomic E-state index is 13.6. The van der Waals surface area contributed by atoms with Gasteiger partial charge in [-0.15, -0.1) is 9.24 Å². The second-order valence-electron chi connectivity index (χ2n) is 4.58. The molecule has 0 saturated heterocycles. The van der Waals surface area contributed by atoms with Crippen LogP contribution in [0.4, 0.5) is 4.39 Å². The zero-order chi connectivity index (χ0) is 13.8. The molecule has 0 aliphatic heterocycles. The Morgan fingerprint density at radius 3 is 2.37 bits per heavy atom. The Hall–Kier alpha value is -1.24. The average molecular weight is 276 g/mol. The highest BCUT2D eigenvalue weighted by Crippen LogP contribution is 2.25. The fourth-order valence-electron chi connectivity index (χ4n) is 2.07. The van der Waals surface area contributed by atoms with E-state index in [1.165, 1.54) is 5.56 Å². The van der Waals surface area contributed by atoms with Gasteiger partial charge in [-0.1, -0.05) is 24.3 Å². The minimum absolute atomic E-state index is 0.166. The predicted octanol–water partition coefficient (Wildman–Crippen LogP) is 4.32. The second kappa shape index (κ2) is 6.27. The number of benzene rings is 2. The molecule has 0 aliphatic rings. The van der Waals surface area contributed by atoms with Crippen molar-refractivity contribution in [3.8, 4) is 11.1 Å². The molecule has 0 amide bonds. The Kier molecular flexibility index (Phi) is 4.68. The number of methoxy groups -OCH3 is 1. The summed E-state index contributed by atoms with van der Waals surface area (Å²) in [5, 5.41) is 0. The summed E-state index contributed by atoms with van der Waals surface area (Å²) in [5.74, 6) is -0.166. The average Bonchev–Trinajstić information content (AvgIpc) is 2.42. The van der Waals surface area contributed by atoms with Crippen LogP contribution in [-0.4, -0.2) is 7.11 Å². The third-order valence-electron chi connectivity index (χ3n) is 3.23. The Morgan fingerprint density at radius 2 is 1.74 bits per heavy atom. The lowest BCUT2D eigenvalue weighted by Gasteiger charge is -2.10. The first kappa shape index (κ1) is 14.2. The summed E-state index contributed by atoms with van der Waals surface area (Å²) in [4.78, 5) is 0. The van der Waals surface area contributed by atoms with Crippen LogP contribution >= 0.6 is 9.24 Å². The van der Waals surface area contributed by atoms with E-state index in [0.717, 1.165) is 22.9 Å². The molecule has 1 nitrogen and oxygen atoms in total. The SMILES string of the molecule is COCc1cc(-c2ccc(C)c(F)c2)ccc1CP. The van der Waals surface area contributed by atoms with E-state index in [1.54, 1.807) is 20.1 Å². The van der Waals surface area contributed by atoms with Crippen LogP contribution < -0.4 is 0 Å². The van der Waals surface area contributed by atoms with Crippen LogP contribution in [0.1, 0.15) is 16.7 Å². The molecule has 2 aromatic rings. The number of hydrogen-bond donors (Lipinski definition) is 0. The second-order valence-corrected chi connectivity index (χ2v) is 4.99. The first-order chi connectivity index (χ1) is 9.15. The Labute approximate surface area is 116 Å². The van der Waals surface area contributed by atoms with Crippen molar-refractivity contribution >= 4 is 9.24 Å². The molecule has 0 heterocycles. The lowest BCUT2D eigenvalue weighted by molar-refractivity contribution is 0.184. The van der Waals surface area contributed by atoms with Crippen LogP contribution in [-0.2, 0) is 17.5 Å². The van der Waals surface area contributed by atoms with Crippen molar-refractivity contribution in [2.24, 2.45) is 0 Å². The highest BCUT2D eigenvalue weighted by Gasteiger charge is 2.06. The van der Waals surface area contributed by atoms with E-state index in [0.29, 0.717) is 12.2 Å². The quantitative estimate of drug-likeness (QED) is 0.755. The standard InChI is InChI=1S/C16H18FOP/c1-11-3-4-13(8-16(11)17)12-5-6-14(10-19)15(7-12)9-18-2/h3-8H,9-10,19H2,1-2H3. The summed E-state index contributed by atoms with van der Waals surface area (Å²) in [6, 6.07) is 11.5. The molecule has 0 saturated carbocycles. The summed E-state index contributed by atoms with van der Waals surface area (Å²) >= 11 is 0. The molecule has 0 fully saturated rings. The molecule has 100 valence electrons. The maximum atomic E-state index is 13.6. The molecule has 0 radical (unpaired) electrons. The summed E-state index contributed by atoms with van der Waals surface area (Å²) < 4.78 is 18.9. The molecule has 1 unspecified atom stereocenters. The molecule has 1 atom stereocenters. The predicted molar refractivity (Wildman–Crippen MR) is 80.7 cm³/mol. The van der Waals surface area contributed by atoms with Gasteiger partial charge in [-0.2, -0.15) is 0 Å². The fraction of sp³-hybridized carbons (Fsp3) is 0.250. The molecular formula is C16H18FOP. The normalized spacial score (nSPS) is 10.7. The molecule has 0 spiro atoms. The lowest BCUT2D eigenvalue weighted by Crippen LogP contribution is -1.95. The van der Waals surface area contributed by atoms with Gasteiger partial charge in [-0.25, -0.2) is 4.39 Å². The van der Waals surface area contributed by atoms with Crippen molar-refractivity contribution in [3.05, 3.63) is 58.9 Å². The molecule has 2 aromatic carbocycles. The van der Waals surface area contributed by atoms with E-state index in [-0.39, 0.29) is 5.82 Å². The Balaban J connectivity index is 2.44. The Bertz CT molecular complexity index is 581. The zero-order valence-corrected chi connectivity index (χ0v) is 12.4. The number of rotatable bonds is 4. The molecule has 0 N–H and O–H groups in total. The number of hydrogen-bond acceptors (Lipinski definition) is 1. The topological polar surface area (TPSA) is 9.23 Å². The van der Waals surface area contributed by atoms with Crippen LogP contribution in [0.2, 0.25) is 0 Å². The lowest BCUT2D eigenvalue weighted by atomic mass is 9.99. The van der Waals surface area contributed by atoms with E-state index in [4.69, 9.17) is 4.74 Å². The van der Waals surface area contributed by atoms with Crippen molar-refractivity contribution in [1.82, 2.24) is 0 Å². The molecule has 0 aromatic heterocycles. The van der Waals surface area contributed by atoms with Crippen LogP contribution in [0, 0.1) is 12.7 Å². The summed E-state index contributed by atoms with van der Waals surface area (Å²) in [5.41, 5.74) is 4.98. The van der Waals surface area contributed by atoms with Crippen LogP contribution in [0.3, 0.4) is 0 Å². The minimum Gasteiger partial charge on any atom is -0.380 e. The van der Waals surface area contributed by atoms with Crippen molar-refractivity contribution in [2.75, 3.05) is 7.11 Å². The molecule has 19 heavy (non-hydrogen) atoms. The first-order valence-corrected chi connectivity index (χ1v) is 7.04. The van der Waals surface area contributed by atoms with Gasteiger partial charge in [-0.3, -0.25) is 0 Å². The number of ether oxygens (including phenoxy) is 1. The van der Waals surface area contributed by atoms with Gasteiger partial charge in [0.2, 0.25) is 0 Å². The summed E-state index contributed by atoms with van der Waals surface area (Å²) in [6.45, 7) is 2.35. The van der Waals surface area contributed by atoms with Gasteiger partial charge >= 0.3 is 0 Å². The first-order valence-electron chi connectivity index (χ1n) is 6.23. The van der Waals surface area contributed by atoms with Gasteiger partial charge in [0.15, 0.2) is 0 Å². The third-order valence-corrected chi connectivity index (χ3v) is 3.67. The number of halogens is 1. The highest BCUT2D eigenvalue weighted by molar-refractivity contribution is 7.15. The van der Waals surface area contributed by atoms with E-state index >= 15 is 0 Å². The van der Waals surface area contributed by atoms with Crippen LogP contribution in [0.5, 0.6) is 0 Å². The molecule has 0 bridgehead atoms. The van der Waals surface area contributed by atoms with Gasteiger partial charge in [0.05, 0.1) is 6.61 Å². The van der Waals surface area contributed by atoms with Crippen molar-refractivity contribution < 1.29 is 9.13 Å². The van der Waals surface area contributed by atoms with E-state index in [1.807, 2.05) is 18.2 Å². The van der Waals surface area contributed by atoms with Crippen LogP contribution in [0.15, 0.2) is 36.4 Å². The summed E-state index contributed by atoms with van der Waals surface area (Å²) in [7, 11) is 4.41. The molecule has 0 aliphatic carbocycles. The summed E-state index contributed by atoms with van der Waals surface area (Å²) in [6.07, 6.45) is 0.890. The molecule has 2 rings (SSSR count). The van der Waals surface area contributed by atoms with E-state index in [9.17, 15) is 4.39 Å². The maximum Gasteiger partial charge on any atom is 0.126 e. The third kappa shape index (κ3) is 3.20. The van der Waals surface area contributed by atoms with Gasteiger partial charge < -0.3 is 4.74 Å². The zero-order valence-electron chi connectivity index (χ0n) is 11.2. The number of aryl methyl sites for hydroxylation is 1. The minimum atomic E-state index is -0.166. The molecular weight excluding hydrogens is 258 g/mol. The van der Waals surface area contributed by atoms with Crippen molar-refractivity contribution in [2.45, 2.75) is 19.7 Å². The van der Waals surface area contributed by atoms with Crippen LogP contribution in [0.25, 0.3) is 11.1 Å². The van der Waals surface area contributed by atoms with Gasteiger partial charge in [0, 0.05) is 7.11 Å². The molecule has 3 heteroatoms. The van der Waals surface area contributed by atoms with Gasteiger partial charge in [-0.05, 0) is 53.0 Å². The largest absolute Gasteiger partial charge is 0.380 e. The smallest absolute Gasteiger partial charge is 0.126 e. The van der Waals surface area contributed by atoms with Gasteiger partial charge in [0.1, 0.15) is 5.82 Å². The van der Waals surface area contributed by atoms with E-state index < -0.39 is 0 Å². The van der Waals surface area contributed by atoms with E-state index in [2.05, 4.69) is 21.4 Å². The fourth-order valence-corrected chi connectivity index (χ4v) is 2.47. The van der Waals surface area contributed by atoms with Gasteiger partial charge in [0.25, 0.3) is 0 Å². The van der Waals surface area contributed by atoms with Crippen molar-refractivity contribution in [3.63, 3.8) is 0 Å². The highest BCUT2D eigenvalue weighted by atomic mass is 31.0. The van der Waals surface area contributed by atoms with Crippen molar-refractivity contribution in [1.29, 1.82) is 0 Å².